The summed E-state index contributed by atoms with van der Waals surface area (Å²) >= 11 is 0. The van der Waals surface area contributed by atoms with E-state index < -0.39 is 0 Å². The molecule has 5 heteroatoms. The van der Waals surface area contributed by atoms with Crippen molar-refractivity contribution in [2.24, 2.45) is 0 Å². The lowest BCUT2D eigenvalue weighted by atomic mass is 9.85. The van der Waals surface area contributed by atoms with Gasteiger partial charge in [-0.15, -0.1) is 0 Å². The molecule has 0 saturated carbocycles. The van der Waals surface area contributed by atoms with E-state index in [0.717, 1.165) is 34.5 Å². The maximum Gasteiger partial charge on any atom is 0.250 e. The van der Waals surface area contributed by atoms with Gasteiger partial charge in [-0.2, -0.15) is 0 Å². The summed E-state index contributed by atoms with van der Waals surface area (Å²) in [6, 6.07) is 9.89. The Hall–Kier alpha value is -2.95. The predicted molar refractivity (Wildman–Crippen MR) is 113 cm³/mol. The average molecular weight is 380 g/mol. The van der Waals surface area contributed by atoms with Crippen LogP contribution in [0.4, 0.5) is 5.69 Å². The fraction of sp³-hybridized carbons (Fsp3) is 0.348. The molecule has 0 atom stereocenters. The molecule has 0 spiro atoms. The van der Waals surface area contributed by atoms with Gasteiger partial charge in [0, 0.05) is 28.6 Å². The first-order chi connectivity index (χ1) is 13.2. The summed E-state index contributed by atoms with van der Waals surface area (Å²) in [5.74, 6) is 1.16. The molecule has 2 aromatic carbocycles. The topological polar surface area (TPSA) is 59.6 Å². The highest BCUT2D eigenvalue weighted by atomic mass is 16.5. The van der Waals surface area contributed by atoms with Crippen molar-refractivity contribution < 1.29 is 14.3 Å². The van der Waals surface area contributed by atoms with Crippen LogP contribution in [0.3, 0.4) is 0 Å². The molecular formula is C23H28N2O3. The zero-order valence-corrected chi connectivity index (χ0v) is 17.4. The molecule has 1 aliphatic rings. The van der Waals surface area contributed by atoms with Crippen LogP contribution in [0, 0.1) is 13.8 Å². The summed E-state index contributed by atoms with van der Waals surface area (Å²) in [5.41, 5.74) is 5.68. The van der Waals surface area contributed by atoms with Gasteiger partial charge in [0.1, 0.15) is 0 Å². The quantitative estimate of drug-likeness (QED) is 0.780. The lowest BCUT2D eigenvalue weighted by Gasteiger charge is -2.36. The fourth-order valence-electron chi connectivity index (χ4n) is 3.64. The van der Waals surface area contributed by atoms with Gasteiger partial charge in [-0.1, -0.05) is 17.7 Å². The molecule has 1 aliphatic heterocycles. The highest BCUT2D eigenvalue weighted by Crippen LogP contribution is 2.38. The number of fused-ring (bicyclic) bond motifs is 1. The summed E-state index contributed by atoms with van der Waals surface area (Å²) < 4.78 is 10.9. The molecule has 0 aromatic heterocycles. The second-order valence-electron chi connectivity index (χ2n) is 7.92. The van der Waals surface area contributed by atoms with E-state index in [1.165, 1.54) is 5.56 Å². The molecule has 148 valence electrons. The van der Waals surface area contributed by atoms with Gasteiger partial charge >= 0.3 is 0 Å². The Bertz CT molecular complexity index is 945. The summed E-state index contributed by atoms with van der Waals surface area (Å²) in [5, 5.41) is 6.46. The molecule has 0 radical (unpaired) electrons. The Morgan fingerprint density at radius 1 is 1.11 bits per heavy atom. The summed E-state index contributed by atoms with van der Waals surface area (Å²) in [4.78, 5) is 12.7. The largest absolute Gasteiger partial charge is 0.493 e. The number of benzene rings is 2. The van der Waals surface area contributed by atoms with E-state index in [0.29, 0.717) is 11.5 Å². The van der Waals surface area contributed by atoms with Crippen LogP contribution in [0.1, 0.15) is 36.1 Å². The average Bonchev–Trinajstić information content (AvgIpc) is 2.62. The molecule has 0 unspecified atom stereocenters. The Labute approximate surface area is 166 Å². The second-order valence-corrected chi connectivity index (χ2v) is 7.92. The number of nitrogens with one attached hydrogen (secondary N) is 2. The number of ether oxygens (including phenoxy) is 2. The number of carbonyl (C=O) groups excluding carboxylic acids is 1. The molecule has 0 bridgehead atoms. The molecule has 28 heavy (non-hydrogen) atoms. The fourth-order valence-corrected chi connectivity index (χ4v) is 3.64. The number of amides is 1. The van der Waals surface area contributed by atoms with Crippen molar-refractivity contribution in [2.75, 3.05) is 19.5 Å². The van der Waals surface area contributed by atoms with Crippen LogP contribution in [0.5, 0.6) is 11.5 Å². The SMILES string of the molecule is COc1cc2c(cc1OC)C(=CC(=O)Nc1ccc(C)cc1C)NC(C)(C)C2. The Kier molecular flexibility index (Phi) is 5.36. The second kappa shape index (κ2) is 7.58. The molecular weight excluding hydrogens is 352 g/mol. The summed E-state index contributed by atoms with van der Waals surface area (Å²) in [7, 11) is 3.24. The number of anilines is 1. The maximum atomic E-state index is 12.7. The van der Waals surface area contributed by atoms with Gasteiger partial charge < -0.3 is 20.1 Å². The smallest absolute Gasteiger partial charge is 0.250 e. The van der Waals surface area contributed by atoms with Crippen molar-refractivity contribution >= 4 is 17.3 Å². The van der Waals surface area contributed by atoms with Crippen molar-refractivity contribution in [1.29, 1.82) is 0 Å². The standard InChI is InChI=1S/C23H28N2O3/c1-14-7-8-18(15(2)9-14)24-22(26)12-19-17-11-21(28-6)20(27-5)10-16(17)13-23(3,4)25-19/h7-12,25H,13H2,1-6H3,(H,24,26). The third-order valence-electron chi connectivity index (χ3n) is 4.92. The molecule has 3 rings (SSSR count). The highest BCUT2D eigenvalue weighted by molar-refractivity contribution is 6.04. The molecule has 2 aromatic rings. The Morgan fingerprint density at radius 2 is 1.79 bits per heavy atom. The van der Waals surface area contributed by atoms with E-state index in [4.69, 9.17) is 9.47 Å². The number of hydrogen-bond donors (Lipinski definition) is 2. The zero-order valence-electron chi connectivity index (χ0n) is 17.4. The minimum Gasteiger partial charge on any atom is -0.493 e. The third kappa shape index (κ3) is 4.14. The molecule has 5 nitrogen and oxygen atoms in total. The Morgan fingerprint density at radius 3 is 2.43 bits per heavy atom. The lowest BCUT2D eigenvalue weighted by molar-refractivity contribution is -0.111. The van der Waals surface area contributed by atoms with Crippen LogP contribution in [0.25, 0.3) is 5.70 Å². The van der Waals surface area contributed by atoms with Crippen molar-refractivity contribution in [3.8, 4) is 11.5 Å². The minimum atomic E-state index is -0.182. The van der Waals surface area contributed by atoms with Crippen LogP contribution < -0.4 is 20.1 Å². The van der Waals surface area contributed by atoms with Crippen molar-refractivity contribution in [2.45, 2.75) is 39.7 Å². The van der Waals surface area contributed by atoms with Gasteiger partial charge in [0.05, 0.1) is 14.2 Å². The van der Waals surface area contributed by atoms with Crippen LogP contribution in [-0.2, 0) is 11.2 Å². The molecule has 1 heterocycles. The summed E-state index contributed by atoms with van der Waals surface area (Å²) in [6.45, 7) is 8.25. The molecule has 0 fully saturated rings. The number of hydrogen-bond acceptors (Lipinski definition) is 4. The van der Waals surface area contributed by atoms with E-state index >= 15 is 0 Å². The van der Waals surface area contributed by atoms with Crippen LogP contribution in [-0.4, -0.2) is 25.7 Å². The lowest BCUT2D eigenvalue weighted by Crippen LogP contribution is -2.44. The minimum absolute atomic E-state index is 0.173. The predicted octanol–water partition coefficient (Wildman–Crippen LogP) is 4.22. The van der Waals surface area contributed by atoms with Gasteiger partial charge in [0.2, 0.25) is 5.91 Å². The number of methoxy groups -OCH3 is 2. The van der Waals surface area contributed by atoms with Crippen LogP contribution in [0.15, 0.2) is 36.4 Å². The van der Waals surface area contributed by atoms with Gasteiger partial charge in [-0.25, -0.2) is 0 Å². The molecule has 0 aliphatic carbocycles. The number of carbonyl (C=O) groups is 1. The zero-order chi connectivity index (χ0) is 20.5. The van der Waals surface area contributed by atoms with Gasteiger partial charge in [0.15, 0.2) is 11.5 Å². The van der Waals surface area contributed by atoms with Crippen LogP contribution in [0.2, 0.25) is 0 Å². The Balaban J connectivity index is 1.97. The highest BCUT2D eigenvalue weighted by Gasteiger charge is 2.29. The van der Waals surface area contributed by atoms with E-state index in [2.05, 4.69) is 30.5 Å². The number of aryl methyl sites for hydroxylation is 2. The normalized spacial score (nSPS) is 16.1. The van der Waals surface area contributed by atoms with Gasteiger partial charge in [-0.3, -0.25) is 4.79 Å². The summed E-state index contributed by atoms with van der Waals surface area (Å²) in [6.07, 6.45) is 2.43. The van der Waals surface area contributed by atoms with E-state index in [1.807, 2.05) is 38.1 Å². The third-order valence-corrected chi connectivity index (χ3v) is 4.92. The first kappa shape index (κ1) is 19.8. The molecule has 0 saturated heterocycles. The van der Waals surface area contributed by atoms with E-state index in [1.54, 1.807) is 20.3 Å². The molecule has 1 amide bonds. The first-order valence-corrected chi connectivity index (χ1v) is 9.36. The van der Waals surface area contributed by atoms with Crippen molar-refractivity contribution in [1.82, 2.24) is 5.32 Å². The van der Waals surface area contributed by atoms with E-state index in [9.17, 15) is 4.79 Å². The number of rotatable bonds is 4. The molecule has 2 N–H and O–H groups in total. The van der Waals surface area contributed by atoms with Gasteiger partial charge in [-0.05, 0) is 63.4 Å². The van der Waals surface area contributed by atoms with Crippen LogP contribution >= 0.6 is 0 Å². The van der Waals surface area contributed by atoms with Crippen molar-refractivity contribution in [3.05, 3.63) is 58.7 Å². The maximum absolute atomic E-state index is 12.7. The van der Waals surface area contributed by atoms with E-state index in [-0.39, 0.29) is 11.4 Å². The van der Waals surface area contributed by atoms with Crippen molar-refractivity contribution in [3.63, 3.8) is 0 Å². The monoisotopic (exact) mass is 380 g/mol. The first-order valence-electron chi connectivity index (χ1n) is 9.36. The van der Waals surface area contributed by atoms with Gasteiger partial charge in [0.25, 0.3) is 0 Å².